The van der Waals surface area contributed by atoms with E-state index in [1.807, 2.05) is 0 Å². The van der Waals surface area contributed by atoms with Gasteiger partial charge in [-0.1, -0.05) is 19.3 Å². The molecule has 2 aliphatic heterocycles. The van der Waals surface area contributed by atoms with Gasteiger partial charge in [-0.25, -0.2) is 4.39 Å². The second-order valence-electron chi connectivity index (χ2n) is 9.42. The lowest BCUT2D eigenvalue weighted by Gasteiger charge is -2.43. The third-order valence-electron chi connectivity index (χ3n) is 7.20. The SMILES string of the molecule is O=C(Nc1ccc(=O)n2c1C1CC(CN(C(=O)c3ccc(F)cc3)C1)C2)C1CCCCC1. The quantitative estimate of drug-likeness (QED) is 0.795. The van der Waals surface area contributed by atoms with Crippen LogP contribution in [0.2, 0.25) is 0 Å². The van der Waals surface area contributed by atoms with Gasteiger partial charge in [0.05, 0.1) is 5.69 Å². The van der Waals surface area contributed by atoms with Gasteiger partial charge in [0.25, 0.3) is 11.5 Å². The summed E-state index contributed by atoms with van der Waals surface area (Å²) in [5.74, 6) is -0.295. The van der Waals surface area contributed by atoms with Crippen LogP contribution < -0.4 is 10.9 Å². The van der Waals surface area contributed by atoms with E-state index in [-0.39, 0.29) is 40.9 Å². The lowest BCUT2D eigenvalue weighted by Crippen LogP contribution is -2.49. The van der Waals surface area contributed by atoms with Gasteiger partial charge in [-0.2, -0.15) is 0 Å². The Morgan fingerprint density at radius 2 is 1.69 bits per heavy atom. The molecule has 1 saturated heterocycles. The lowest BCUT2D eigenvalue weighted by atomic mass is 9.82. The molecule has 6 nitrogen and oxygen atoms in total. The molecule has 1 N–H and O–H groups in total. The van der Waals surface area contributed by atoms with Gasteiger partial charge < -0.3 is 14.8 Å². The first-order valence-electron chi connectivity index (χ1n) is 11.6. The Balaban J connectivity index is 1.41. The number of benzene rings is 1. The third kappa shape index (κ3) is 3.96. The predicted molar refractivity (Wildman–Crippen MR) is 119 cm³/mol. The Morgan fingerprint density at radius 3 is 2.44 bits per heavy atom. The summed E-state index contributed by atoms with van der Waals surface area (Å²) in [4.78, 5) is 40.4. The minimum atomic E-state index is -0.372. The van der Waals surface area contributed by atoms with E-state index in [0.29, 0.717) is 30.9 Å². The van der Waals surface area contributed by atoms with Gasteiger partial charge in [-0.15, -0.1) is 0 Å². The van der Waals surface area contributed by atoms with Crippen molar-refractivity contribution in [2.45, 2.75) is 51.0 Å². The number of carbonyl (C=O) groups is 2. The number of piperidine rings is 1. The lowest BCUT2D eigenvalue weighted by molar-refractivity contribution is -0.120. The molecule has 0 spiro atoms. The van der Waals surface area contributed by atoms with Crippen LogP contribution in [0.5, 0.6) is 0 Å². The Labute approximate surface area is 186 Å². The molecule has 1 aromatic heterocycles. The van der Waals surface area contributed by atoms with E-state index in [1.165, 1.54) is 36.8 Å². The predicted octanol–water partition coefficient (Wildman–Crippen LogP) is 3.77. The number of anilines is 1. The van der Waals surface area contributed by atoms with Crippen molar-refractivity contribution in [3.05, 3.63) is 63.8 Å². The molecule has 32 heavy (non-hydrogen) atoms. The minimum absolute atomic E-state index is 0.0237. The topological polar surface area (TPSA) is 71.4 Å². The van der Waals surface area contributed by atoms with Crippen molar-refractivity contribution in [1.82, 2.24) is 9.47 Å². The maximum Gasteiger partial charge on any atom is 0.253 e. The average Bonchev–Trinajstić information content (AvgIpc) is 2.81. The summed E-state index contributed by atoms with van der Waals surface area (Å²) in [7, 11) is 0. The van der Waals surface area contributed by atoms with Crippen molar-refractivity contribution < 1.29 is 14.0 Å². The van der Waals surface area contributed by atoms with E-state index in [1.54, 1.807) is 15.5 Å². The second kappa shape index (κ2) is 8.52. The van der Waals surface area contributed by atoms with Gasteiger partial charge in [-0.3, -0.25) is 14.4 Å². The molecule has 2 bridgehead atoms. The molecule has 5 rings (SSSR count). The molecular weight excluding hydrogens is 409 g/mol. The van der Waals surface area contributed by atoms with E-state index in [9.17, 15) is 18.8 Å². The molecule has 168 valence electrons. The third-order valence-corrected chi connectivity index (χ3v) is 7.20. The number of carbonyl (C=O) groups excluding carboxylic acids is 2. The van der Waals surface area contributed by atoms with E-state index in [2.05, 4.69) is 5.32 Å². The Hall–Kier alpha value is -2.96. The van der Waals surface area contributed by atoms with Crippen LogP contribution in [0.3, 0.4) is 0 Å². The van der Waals surface area contributed by atoms with Gasteiger partial charge in [0.15, 0.2) is 0 Å². The number of nitrogens with zero attached hydrogens (tertiary/aromatic N) is 2. The number of likely N-dealkylation sites (tertiary alicyclic amines) is 1. The highest BCUT2D eigenvalue weighted by molar-refractivity contribution is 5.95. The molecule has 2 amide bonds. The van der Waals surface area contributed by atoms with Crippen molar-refractivity contribution in [2.75, 3.05) is 18.4 Å². The van der Waals surface area contributed by atoms with Crippen LogP contribution in [0.1, 0.15) is 60.5 Å². The van der Waals surface area contributed by atoms with Gasteiger partial charge in [-0.05, 0) is 55.5 Å². The molecule has 2 atom stereocenters. The van der Waals surface area contributed by atoms with E-state index >= 15 is 0 Å². The number of aromatic nitrogens is 1. The van der Waals surface area contributed by atoms with Crippen LogP contribution in [0.25, 0.3) is 0 Å². The van der Waals surface area contributed by atoms with Crippen LogP contribution in [0.15, 0.2) is 41.2 Å². The summed E-state index contributed by atoms with van der Waals surface area (Å²) in [5.41, 5.74) is 1.92. The number of hydrogen-bond acceptors (Lipinski definition) is 3. The van der Waals surface area contributed by atoms with Crippen LogP contribution in [-0.4, -0.2) is 34.4 Å². The summed E-state index contributed by atoms with van der Waals surface area (Å²) in [6.07, 6.45) is 6.03. The Kier molecular flexibility index (Phi) is 5.57. The summed E-state index contributed by atoms with van der Waals surface area (Å²) < 4.78 is 15.1. The maximum atomic E-state index is 13.3. The molecule has 0 radical (unpaired) electrons. The number of halogens is 1. The fourth-order valence-electron chi connectivity index (χ4n) is 5.66. The van der Waals surface area contributed by atoms with Gasteiger partial charge in [0.1, 0.15) is 5.82 Å². The average molecular weight is 438 g/mol. The Morgan fingerprint density at radius 1 is 0.938 bits per heavy atom. The maximum absolute atomic E-state index is 13.3. The molecule has 2 aromatic rings. The summed E-state index contributed by atoms with van der Waals surface area (Å²) >= 11 is 0. The monoisotopic (exact) mass is 437 g/mol. The summed E-state index contributed by atoms with van der Waals surface area (Å²) in [6.45, 7) is 1.57. The fraction of sp³-hybridized carbons (Fsp3) is 0.480. The van der Waals surface area contributed by atoms with E-state index < -0.39 is 0 Å². The number of pyridine rings is 1. The molecule has 2 fully saturated rings. The van der Waals surface area contributed by atoms with Crippen molar-refractivity contribution in [1.29, 1.82) is 0 Å². The zero-order chi connectivity index (χ0) is 22.2. The number of amides is 2. The molecule has 1 saturated carbocycles. The van der Waals surface area contributed by atoms with E-state index in [0.717, 1.165) is 37.8 Å². The first-order chi connectivity index (χ1) is 15.5. The van der Waals surface area contributed by atoms with Crippen molar-refractivity contribution in [3.8, 4) is 0 Å². The zero-order valence-electron chi connectivity index (χ0n) is 18.1. The smallest absolute Gasteiger partial charge is 0.253 e. The highest BCUT2D eigenvalue weighted by Gasteiger charge is 2.38. The van der Waals surface area contributed by atoms with Crippen molar-refractivity contribution in [2.24, 2.45) is 11.8 Å². The van der Waals surface area contributed by atoms with Crippen LogP contribution in [0.4, 0.5) is 10.1 Å². The first-order valence-corrected chi connectivity index (χ1v) is 11.6. The van der Waals surface area contributed by atoms with Crippen molar-refractivity contribution >= 4 is 17.5 Å². The minimum Gasteiger partial charge on any atom is -0.338 e. The highest BCUT2D eigenvalue weighted by Crippen LogP contribution is 2.39. The Bertz CT molecular complexity index is 1090. The number of hydrogen-bond donors (Lipinski definition) is 1. The number of rotatable bonds is 3. The fourth-order valence-corrected chi connectivity index (χ4v) is 5.66. The molecule has 3 heterocycles. The normalized spacial score (nSPS) is 22.8. The molecule has 3 aliphatic rings. The molecule has 7 heteroatoms. The van der Waals surface area contributed by atoms with Crippen LogP contribution >= 0.6 is 0 Å². The molecule has 2 unspecified atom stereocenters. The zero-order valence-corrected chi connectivity index (χ0v) is 18.1. The number of fused-ring (bicyclic) bond motifs is 4. The molecule has 1 aromatic carbocycles. The van der Waals surface area contributed by atoms with Gasteiger partial charge in [0.2, 0.25) is 5.91 Å². The number of nitrogens with one attached hydrogen (secondary N) is 1. The van der Waals surface area contributed by atoms with Gasteiger partial charge >= 0.3 is 0 Å². The summed E-state index contributed by atoms with van der Waals surface area (Å²) in [6, 6.07) is 8.86. The largest absolute Gasteiger partial charge is 0.338 e. The van der Waals surface area contributed by atoms with Gasteiger partial charge in [0, 0.05) is 48.8 Å². The van der Waals surface area contributed by atoms with Crippen LogP contribution in [-0.2, 0) is 11.3 Å². The van der Waals surface area contributed by atoms with Crippen LogP contribution in [0, 0.1) is 17.7 Å². The molecular formula is C25H28FN3O3. The second-order valence-corrected chi connectivity index (χ2v) is 9.42. The van der Waals surface area contributed by atoms with E-state index in [4.69, 9.17) is 0 Å². The first kappa shape index (κ1) is 20.9. The highest BCUT2D eigenvalue weighted by atomic mass is 19.1. The standard InChI is InChI=1S/C25H28FN3O3/c26-20-8-6-18(7-9-20)25(32)28-13-16-12-19(15-28)23-21(10-11-22(30)29(23)14-16)27-24(31)17-4-2-1-3-5-17/h6-11,16-17,19H,1-5,12-15H2,(H,27,31). The van der Waals surface area contributed by atoms with Crippen molar-refractivity contribution in [3.63, 3.8) is 0 Å². The summed E-state index contributed by atoms with van der Waals surface area (Å²) in [5, 5.41) is 3.11. The molecule has 1 aliphatic carbocycles.